The predicted octanol–water partition coefficient (Wildman–Crippen LogP) is 0.843. The van der Waals surface area contributed by atoms with Crippen LogP contribution in [0.1, 0.15) is 19.7 Å². The van der Waals surface area contributed by atoms with Crippen molar-refractivity contribution in [2.24, 2.45) is 0 Å². The molecule has 1 aromatic heterocycles. The van der Waals surface area contributed by atoms with Gasteiger partial charge in [-0.15, -0.1) is 10.2 Å². The fourth-order valence-electron chi connectivity index (χ4n) is 3.10. The van der Waals surface area contributed by atoms with Crippen molar-refractivity contribution >= 4 is 23.4 Å². The van der Waals surface area contributed by atoms with E-state index in [0.29, 0.717) is 18.0 Å². The lowest BCUT2D eigenvalue weighted by atomic mass is 10.3. The van der Waals surface area contributed by atoms with Crippen molar-refractivity contribution < 1.29 is 19.2 Å². The zero-order valence-electron chi connectivity index (χ0n) is 16.4. The lowest BCUT2D eigenvalue weighted by Crippen LogP contribution is -3.12. The maximum atomic E-state index is 12.4. The third-order valence-electron chi connectivity index (χ3n) is 4.51. The Balaban J connectivity index is 1.57. The van der Waals surface area contributed by atoms with Crippen LogP contribution in [-0.2, 0) is 22.6 Å². The third kappa shape index (κ3) is 5.46. The molecule has 0 radical (unpaired) electrons. The normalized spacial score (nSPS) is 14.8. The van der Waals surface area contributed by atoms with Gasteiger partial charge in [0.05, 0.1) is 31.3 Å². The number of morpholine rings is 1. The van der Waals surface area contributed by atoms with Gasteiger partial charge in [0.1, 0.15) is 25.4 Å². The van der Waals surface area contributed by atoms with Gasteiger partial charge in [-0.1, -0.05) is 23.9 Å². The Labute approximate surface area is 169 Å². The fourth-order valence-corrected chi connectivity index (χ4v) is 3.92. The second kappa shape index (κ2) is 10.4. The quantitative estimate of drug-likeness (QED) is 0.601. The number of anilines is 1. The van der Waals surface area contributed by atoms with Gasteiger partial charge < -0.3 is 24.3 Å². The molecule has 0 atom stereocenters. The molecule has 9 heteroatoms. The van der Waals surface area contributed by atoms with Crippen molar-refractivity contribution in [1.82, 2.24) is 14.8 Å². The molecule has 1 aliphatic rings. The Morgan fingerprint density at radius 2 is 2.07 bits per heavy atom. The SMILES string of the molecule is CCOc1ccccc1NC(=O)CSc1nnc(C[NH+]2CCOCC2)n1CC. The highest BCUT2D eigenvalue weighted by Gasteiger charge is 2.20. The summed E-state index contributed by atoms with van der Waals surface area (Å²) in [5.74, 6) is 1.81. The molecule has 28 heavy (non-hydrogen) atoms. The van der Waals surface area contributed by atoms with Crippen LogP contribution in [0.3, 0.4) is 0 Å². The highest BCUT2D eigenvalue weighted by Crippen LogP contribution is 2.24. The molecule has 1 aliphatic heterocycles. The summed E-state index contributed by atoms with van der Waals surface area (Å²) in [7, 11) is 0. The minimum absolute atomic E-state index is 0.0943. The largest absolute Gasteiger partial charge is 0.492 e. The molecule has 1 saturated heterocycles. The second-order valence-electron chi connectivity index (χ2n) is 6.45. The van der Waals surface area contributed by atoms with Crippen LogP contribution in [0.2, 0.25) is 0 Å². The standard InChI is InChI=1S/C19H27N5O3S/c1-3-24-17(13-23-9-11-26-12-10-23)21-22-19(24)28-14-18(25)20-15-7-5-6-8-16(15)27-4-2/h5-8H,3-4,9-14H2,1-2H3,(H,20,25)/p+1. The minimum Gasteiger partial charge on any atom is -0.492 e. The Kier molecular flexibility index (Phi) is 7.70. The Morgan fingerprint density at radius 3 is 2.82 bits per heavy atom. The van der Waals surface area contributed by atoms with Crippen LogP contribution < -0.4 is 15.0 Å². The van der Waals surface area contributed by atoms with E-state index in [1.54, 1.807) is 0 Å². The summed E-state index contributed by atoms with van der Waals surface area (Å²) in [6, 6.07) is 7.45. The molecule has 0 aliphatic carbocycles. The number of quaternary nitrogens is 1. The first kappa shape index (κ1) is 20.6. The average Bonchev–Trinajstić information content (AvgIpc) is 3.10. The monoisotopic (exact) mass is 406 g/mol. The third-order valence-corrected chi connectivity index (χ3v) is 5.48. The number of nitrogens with one attached hydrogen (secondary N) is 2. The van der Waals surface area contributed by atoms with E-state index < -0.39 is 0 Å². The van der Waals surface area contributed by atoms with Gasteiger partial charge >= 0.3 is 0 Å². The highest BCUT2D eigenvalue weighted by atomic mass is 32.2. The number of hydrogen-bond donors (Lipinski definition) is 2. The lowest BCUT2D eigenvalue weighted by Gasteiger charge is -2.23. The van der Waals surface area contributed by atoms with Crippen LogP contribution in [0.15, 0.2) is 29.4 Å². The molecule has 0 spiro atoms. The summed E-state index contributed by atoms with van der Waals surface area (Å²) < 4.78 is 13.1. The molecule has 0 bridgehead atoms. The van der Waals surface area contributed by atoms with Gasteiger partial charge in [0.25, 0.3) is 0 Å². The number of nitrogens with zero attached hydrogens (tertiary/aromatic N) is 3. The molecule has 1 amide bonds. The maximum Gasteiger partial charge on any atom is 0.234 e. The number of amides is 1. The zero-order valence-corrected chi connectivity index (χ0v) is 17.3. The van der Waals surface area contributed by atoms with Gasteiger partial charge in [0.15, 0.2) is 11.0 Å². The molecule has 1 aromatic carbocycles. The van der Waals surface area contributed by atoms with E-state index in [2.05, 4.69) is 27.0 Å². The topological polar surface area (TPSA) is 82.7 Å². The summed E-state index contributed by atoms with van der Waals surface area (Å²) in [6.07, 6.45) is 0. The zero-order chi connectivity index (χ0) is 19.8. The summed E-state index contributed by atoms with van der Waals surface area (Å²) in [5, 5.41) is 12.4. The predicted molar refractivity (Wildman–Crippen MR) is 108 cm³/mol. The first-order valence-electron chi connectivity index (χ1n) is 9.69. The summed E-state index contributed by atoms with van der Waals surface area (Å²) >= 11 is 1.40. The lowest BCUT2D eigenvalue weighted by molar-refractivity contribution is -0.922. The first-order chi connectivity index (χ1) is 13.7. The maximum absolute atomic E-state index is 12.4. The summed E-state index contributed by atoms with van der Waals surface area (Å²) in [5.41, 5.74) is 0.684. The van der Waals surface area contributed by atoms with Gasteiger partial charge in [-0.3, -0.25) is 4.79 Å². The van der Waals surface area contributed by atoms with Crippen LogP contribution >= 0.6 is 11.8 Å². The van der Waals surface area contributed by atoms with Crippen molar-refractivity contribution in [2.75, 3.05) is 44.0 Å². The van der Waals surface area contributed by atoms with Crippen LogP contribution in [-0.4, -0.2) is 59.3 Å². The molecule has 152 valence electrons. The molecular weight excluding hydrogens is 378 g/mol. The molecular formula is C19H28N5O3S+. The van der Waals surface area contributed by atoms with Crippen molar-refractivity contribution in [3.8, 4) is 5.75 Å². The number of carbonyl (C=O) groups excluding carboxylic acids is 1. The van der Waals surface area contributed by atoms with Gasteiger partial charge in [-0.25, -0.2) is 0 Å². The van der Waals surface area contributed by atoms with Gasteiger partial charge in [-0.05, 0) is 26.0 Å². The van der Waals surface area contributed by atoms with Crippen LogP contribution in [0.5, 0.6) is 5.75 Å². The highest BCUT2D eigenvalue weighted by molar-refractivity contribution is 7.99. The van der Waals surface area contributed by atoms with Crippen molar-refractivity contribution in [3.05, 3.63) is 30.1 Å². The van der Waals surface area contributed by atoms with E-state index >= 15 is 0 Å². The Morgan fingerprint density at radius 1 is 1.29 bits per heavy atom. The Hall–Kier alpha value is -2.10. The fraction of sp³-hybridized carbons (Fsp3) is 0.526. The van der Waals surface area contributed by atoms with Gasteiger partial charge in [-0.2, -0.15) is 0 Å². The van der Waals surface area contributed by atoms with Crippen molar-refractivity contribution in [2.45, 2.75) is 32.1 Å². The van der Waals surface area contributed by atoms with E-state index in [9.17, 15) is 4.79 Å². The van der Waals surface area contributed by atoms with Crippen LogP contribution in [0.25, 0.3) is 0 Å². The number of carbonyl (C=O) groups is 1. The van der Waals surface area contributed by atoms with E-state index in [1.807, 2.05) is 31.2 Å². The van der Waals surface area contributed by atoms with E-state index in [0.717, 1.165) is 50.4 Å². The minimum atomic E-state index is -0.0943. The molecule has 2 aromatic rings. The number of aromatic nitrogens is 3. The molecule has 2 N–H and O–H groups in total. The molecule has 1 fully saturated rings. The molecule has 8 nitrogen and oxygen atoms in total. The summed E-state index contributed by atoms with van der Waals surface area (Å²) in [4.78, 5) is 13.9. The smallest absolute Gasteiger partial charge is 0.234 e. The van der Waals surface area contributed by atoms with E-state index in [1.165, 1.54) is 16.7 Å². The number of thioether (sulfide) groups is 1. The summed E-state index contributed by atoms with van der Waals surface area (Å²) in [6.45, 7) is 9.71. The average molecular weight is 407 g/mol. The molecule has 3 rings (SSSR count). The first-order valence-corrected chi connectivity index (χ1v) is 10.7. The van der Waals surface area contributed by atoms with Gasteiger partial charge in [0.2, 0.25) is 5.91 Å². The van der Waals surface area contributed by atoms with Crippen molar-refractivity contribution in [1.29, 1.82) is 0 Å². The number of benzene rings is 1. The van der Waals surface area contributed by atoms with Crippen molar-refractivity contribution in [3.63, 3.8) is 0 Å². The Bertz CT molecular complexity index is 777. The van der Waals surface area contributed by atoms with Gasteiger partial charge in [0, 0.05) is 6.54 Å². The number of rotatable bonds is 9. The molecule has 2 heterocycles. The second-order valence-corrected chi connectivity index (χ2v) is 7.39. The molecule has 0 unspecified atom stereocenters. The van der Waals surface area contributed by atoms with E-state index in [-0.39, 0.29) is 11.7 Å². The molecule has 0 saturated carbocycles. The number of ether oxygens (including phenoxy) is 2. The number of hydrogen-bond acceptors (Lipinski definition) is 6. The van der Waals surface area contributed by atoms with Crippen LogP contribution in [0, 0.1) is 0 Å². The van der Waals surface area contributed by atoms with Crippen LogP contribution in [0.4, 0.5) is 5.69 Å². The number of para-hydroxylation sites is 2. The van der Waals surface area contributed by atoms with E-state index in [4.69, 9.17) is 9.47 Å².